The zero-order valence-electron chi connectivity index (χ0n) is 16.8. The standard InChI is InChI=1S/C23H20ClN3O3S/c1-30-15-5-2-13(3-6-15)22-26-19-8-9-27(12-20(19)31-22)21(23(28)29)17-11-25-18-7-4-14(24)10-16(17)18/h2-7,10-11,21,25H,8-9,12H2,1H3,(H,28,29). The highest BCUT2D eigenvalue weighted by molar-refractivity contribution is 7.15. The maximum atomic E-state index is 12.3. The maximum Gasteiger partial charge on any atom is 0.325 e. The molecule has 0 amide bonds. The van der Waals surface area contributed by atoms with E-state index in [4.69, 9.17) is 21.3 Å². The molecule has 0 aliphatic carbocycles. The van der Waals surface area contributed by atoms with Crippen LogP contribution in [0.15, 0.2) is 48.7 Å². The number of H-pyrrole nitrogens is 1. The van der Waals surface area contributed by atoms with Gasteiger partial charge in [-0.3, -0.25) is 9.69 Å². The van der Waals surface area contributed by atoms with E-state index in [0.29, 0.717) is 18.1 Å². The molecular formula is C23H20ClN3O3S. The number of ether oxygens (including phenoxy) is 1. The maximum absolute atomic E-state index is 12.3. The average Bonchev–Trinajstić information content (AvgIpc) is 3.38. The van der Waals surface area contributed by atoms with Crippen molar-refractivity contribution in [3.63, 3.8) is 0 Å². The molecule has 4 aromatic rings. The molecule has 0 saturated carbocycles. The normalized spacial score (nSPS) is 15.0. The Morgan fingerprint density at radius 2 is 2.10 bits per heavy atom. The van der Waals surface area contributed by atoms with Crippen LogP contribution in [0.5, 0.6) is 5.75 Å². The minimum Gasteiger partial charge on any atom is -0.497 e. The lowest BCUT2D eigenvalue weighted by molar-refractivity contribution is -0.144. The third-order valence-electron chi connectivity index (χ3n) is 5.67. The third kappa shape index (κ3) is 3.69. The molecule has 1 atom stereocenters. The highest BCUT2D eigenvalue weighted by Gasteiger charge is 2.33. The van der Waals surface area contributed by atoms with E-state index < -0.39 is 12.0 Å². The monoisotopic (exact) mass is 453 g/mol. The molecule has 0 radical (unpaired) electrons. The molecule has 2 aromatic carbocycles. The van der Waals surface area contributed by atoms with E-state index >= 15 is 0 Å². The molecule has 3 heterocycles. The molecule has 0 spiro atoms. The lowest BCUT2D eigenvalue weighted by atomic mass is 10.0. The summed E-state index contributed by atoms with van der Waals surface area (Å²) >= 11 is 7.80. The number of nitrogens with one attached hydrogen (secondary N) is 1. The topological polar surface area (TPSA) is 78.4 Å². The molecule has 1 aliphatic rings. The molecule has 1 unspecified atom stereocenters. The van der Waals surface area contributed by atoms with Gasteiger partial charge in [0.05, 0.1) is 12.8 Å². The first-order valence-electron chi connectivity index (χ1n) is 9.90. The molecule has 158 valence electrons. The molecular weight excluding hydrogens is 434 g/mol. The fraction of sp³-hybridized carbons (Fsp3) is 0.217. The number of aromatic nitrogens is 2. The molecule has 6 nitrogen and oxygen atoms in total. The summed E-state index contributed by atoms with van der Waals surface area (Å²) in [5.41, 5.74) is 3.70. The van der Waals surface area contributed by atoms with E-state index in [2.05, 4.69) is 4.98 Å². The Balaban J connectivity index is 1.46. The number of carbonyl (C=O) groups is 1. The van der Waals surface area contributed by atoms with Crippen LogP contribution in [0, 0.1) is 0 Å². The van der Waals surface area contributed by atoms with Crippen molar-refractivity contribution in [2.75, 3.05) is 13.7 Å². The summed E-state index contributed by atoms with van der Waals surface area (Å²) in [7, 11) is 1.65. The number of hydrogen-bond donors (Lipinski definition) is 2. The van der Waals surface area contributed by atoms with Crippen molar-refractivity contribution < 1.29 is 14.6 Å². The summed E-state index contributed by atoms with van der Waals surface area (Å²) in [6.45, 7) is 1.18. The number of hydrogen-bond acceptors (Lipinski definition) is 5. The number of nitrogens with zero attached hydrogens (tertiary/aromatic N) is 2. The Hall–Kier alpha value is -2.87. The minimum absolute atomic E-state index is 0.549. The van der Waals surface area contributed by atoms with E-state index in [1.165, 1.54) is 0 Å². The van der Waals surface area contributed by atoms with Crippen LogP contribution in [0.4, 0.5) is 0 Å². The molecule has 31 heavy (non-hydrogen) atoms. The van der Waals surface area contributed by atoms with Crippen molar-refractivity contribution in [2.45, 2.75) is 19.0 Å². The fourth-order valence-electron chi connectivity index (χ4n) is 4.12. The third-order valence-corrected chi connectivity index (χ3v) is 7.03. The van der Waals surface area contributed by atoms with E-state index in [-0.39, 0.29) is 0 Å². The first kappa shape index (κ1) is 20.1. The predicted molar refractivity (Wildman–Crippen MR) is 122 cm³/mol. The molecule has 1 aliphatic heterocycles. The minimum atomic E-state index is -0.871. The first-order valence-corrected chi connectivity index (χ1v) is 11.1. The van der Waals surface area contributed by atoms with Crippen LogP contribution < -0.4 is 4.74 Å². The van der Waals surface area contributed by atoms with Crippen LogP contribution >= 0.6 is 22.9 Å². The number of carboxylic acid groups (broad SMARTS) is 1. The SMILES string of the molecule is COc1ccc(-c2nc3c(s2)CN(C(C(=O)O)c2c[nH]c4ccc(Cl)cc24)CC3)cc1. The molecule has 2 N–H and O–H groups in total. The van der Waals surface area contributed by atoms with Gasteiger partial charge in [0.15, 0.2) is 0 Å². The van der Waals surface area contributed by atoms with Gasteiger partial charge >= 0.3 is 5.97 Å². The summed E-state index contributed by atoms with van der Waals surface area (Å²) in [4.78, 5) is 23.4. The number of fused-ring (bicyclic) bond motifs is 2. The molecule has 2 aromatic heterocycles. The summed E-state index contributed by atoms with van der Waals surface area (Å²) in [6, 6.07) is 12.6. The highest BCUT2D eigenvalue weighted by atomic mass is 35.5. The lowest BCUT2D eigenvalue weighted by Gasteiger charge is -2.31. The summed E-state index contributed by atoms with van der Waals surface area (Å²) < 4.78 is 5.23. The first-order chi connectivity index (χ1) is 15.0. The Kier molecular flexibility index (Phi) is 5.17. The second-order valence-electron chi connectivity index (χ2n) is 7.51. The molecule has 5 rings (SSSR count). The van der Waals surface area contributed by atoms with E-state index in [1.807, 2.05) is 41.3 Å². The van der Waals surface area contributed by atoms with Crippen molar-refractivity contribution in [2.24, 2.45) is 0 Å². The lowest BCUT2D eigenvalue weighted by Crippen LogP contribution is -2.37. The van der Waals surface area contributed by atoms with Gasteiger partial charge in [0.2, 0.25) is 0 Å². The highest BCUT2D eigenvalue weighted by Crippen LogP contribution is 2.37. The van der Waals surface area contributed by atoms with Crippen LogP contribution in [-0.4, -0.2) is 39.6 Å². The van der Waals surface area contributed by atoms with Gasteiger partial charge in [-0.05, 0) is 42.5 Å². The quantitative estimate of drug-likeness (QED) is 0.437. The van der Waals surface area contributed by atoms with Crippen molar-refractivity contribution in [3.8, 4) is 16.3 Å². The van der Waals surface area contributed by atoms with Gasteiger partial charge in [0, 0.05) is 57.6 Å². The Morgan fingerprint density at radius 3 is 2.84 bits per heavy atom. The van der Waals surface area contributed by atoms with Gasteiger partial charge < -0.3 is 14.8 Å². The average molecular weight is 454 g/mol. The van der Waals surface area contributed by atoms with Gasteiger partial charge in [-0.25, -0.2) is 4.98 Å². The van der Waals surface area contributed by atoms with Crippen molar-refractivity contribution in [1.82, 2.24) is 14.9 Å². The van der Waals surface area contributed by atoms with Gasteiger partial charge in [-0.2, -0.15) is 0 Å². The van der Waals surface area contributed by atoms with Crippen molar-refractivity contribution in [1.29, 1.82) is 0 Å². The molecule has 0 bridgehead atoms. The zero-order valence-corrected chi connectivity index (χ0v) is 18.3. The smallest absolute Gasteiger partial charge is 0.325 e. The molecule has 8 heteroatoms. The van der Waals surface area contributed by atoms with E-state index in [9.17, 15) is 9.90 Å². The van der Waals surface area contributed by atoms with Gasteiger partial charge in [-0.1, -0.05) is 11.6 Å². The number of benzene rings is 2. The summed E-state index contributed by atoms with van der Waals surface area (Å²) in [5.74, 6) is -0.0661. The number of methoxy groups -OCH3 is 1. The van der Waals surface area contributed by atoms with Gasteiger partial charge in [0.25, 0.3) is 0 Å². The second-order valence-corrected chi connectivity index (χ2v) is 9.03. The molecule has 0 saturated heterocycles. The van der Waals surface area contributed by atoms with Crippen LogP contribution in [0.1, 0.15) is 22.2 Å². The number of rotatable bonds is 5. The number of aromatic amines is 1. The molecule has 0 fully saturated rings. The van der Waals surface area contributed by atoms with Gasteiger partial charge in [-0.15, -0.1) is 11.3 Å². The van der Waals surface area contributed by atoms with Crippen LogP contribution in [0.2, 0.25) is 5.02 Å². The predicted octanol–water partition coefficient (Wildman–Crippen LogP) is 5.14. The summed E-state index contributed by atoms with van der Waals surface area (Å²) in [6.07, 6.45) is 2.50. The Labute approximate surface area is 188 Å². The fourth-order valence-corrected chi connectivity index (χ4v) is 5.43. The largest absolute Gasteiger partial charge is 0.497 e. The Bertz CT molecular complexity index is 1270. The van der Waals surface area contributed by atoms with Gasteiger partial charge in [0.1, 0.15) is 16.8 Å². The number of aliphatic carboxylic acids is 1. The zero-order chi connectivity index (χ0) is 21.5. The second kappa shape index (κ2) is 8.00. The number of thiazole rings is 1. The van der Waals surface area contributed by atoms with Crippen molar-refractivity contribution in [3.05, 3.63) is 69.8 Å². The van der Waals surface area contributed by atoms with Crippen LogP contribution in [0.25, 0.3) is 21.5 Å². The summed E-state index contributed by atoms with van der Waals surface area (Å²) in [5, 5.41) is 12.5. The van der Waals surface area contributed by atoms with Crippen LogP contribution in [-0.2, 0) is 17.8 Å². The van der Waals surface area contributed by atoms with E-state index in [0.717, 1.165) is 49.8 Å². The van der Waals surface area contributed by atoms with Crippen LogP contribution in [0.3, 0.4) is 0 Å². The number of carboxylic acids is 1. The number of halogens is 1. The van der Waals surface area contributed by atoms with Crippen molar-refractivity contribution >= 4 is 39.8 Å². The Morgan fingerprint density at radius 1 is 1.29 bits per heavy atom. The van der Waals surface area contributed by atoms with E-state index in [1.54, 1.807) is 30.7 Å².